The average Bonchev–Trinajstić information content (AvgIpc) is 2.19. The van der Waals surface area contributed by atoms with Gasteiger partial charge in [-0.15, -0.1) is 0 Å². The summed E-state index contributed by atoms with van der Waals surface area (Å²) in [5.41, 5.74) is 8.40. The Kier molecular flexibility index (Phi) is 3.36. The number of amides is 1. The van der Waals surface area contributed by atoms with Crippen molar-refractivity contribution in [1.82, 2.24) is 10.4 Å². The summed E-state index contributed by atoms with van der Waals surface area (Å²) in [5.74, 6) is 4.63. The van der Waals surface area contributed by atoms with E-state index in [4.69, 9.17) is 11.6 Å². The zero-order valence-corrected chi connectivity index (χ0v) is 7.10. The molecule has 13 heavy (non-hydrogen) atoms. The number of rotatable bonds is 3. The fourth-order valence-electron chi connectivity index (χ4n) is 0.959. The molecule has 0 fully saturated rings. The lowest BCUT2D eigenvalue weighted by Gasteiger charge is -2.08. The Labute approximate surface area is 76.1 Å². The highest BCUT2D eigenvalue weighted by molar-refractivity contribution is 5.75. The van der Waals surface area contributed by atoms with Crippen molar-refractivity contribution in [3.05, 3.63) is 30.1 Å². The average molecular weight is 180 g/mol. The van der Waals surface area contributed by atoms with Crippen LogP contribution in [0.3, 0.4) is 0 Å². The Hall–Kier alpha value is -1.46. The molecule has 0 aliphatic rings. The number of carbonyl (C=O) groups is 1. The number of nitrogens with one attached hydrogen (secondary N) is 1. The lowest BCUT2D eigenvalue weighted by Crippen LogP contribution is -2.32. The summed E-state index contributed by atoms with van der Waals surface area (Å²) >= 11 is 0. The van der Waals surface area contributed by atoms with E-state index in [9.17, 15) is 4.79 Å². The monoisotopic (exact) mass is 180 g/mol. The smallest absolute Gasteiger partial charge is 0.235 e. The van der Waals surface area contributed by atoms with Crippen LogP contribution in [0, 0.1) is 0 Å². The van der Waals surface area contributed by atoms with E-state index >= 15 is 0 Å². The van der Waals surface area contributed by atoms with Crippen molar-refractivity contribution in [3.8, 4) is 0 Å². The molecule has 0 saturated heterocycles. The highest BCUT2D eigenvalue weighted by Crippen LogP contribution is 2.09. The van der Waals surface area contributed by atoms with Crippen molar-refractivity contribution in [1.29, 1.82) is 0 Å². The maximum Gasteiger partial charge on any atom is 0.235 e. The van der Waals surface area contributed by atoms with Crippen molar-refractivity contribution >= 4 is 5.91 Å². The Morgan fingerprint density at radius 3 is 2.92 bits per heavy atom. The number of carbonyl (C=O) groups excluding carboxylic acids is 1. The largest absolute Gasteiger partial charge is 0.322 e. The van der Waals surface area contributed by atoms with Crippen molar-refractivity contribution in [3.63, 3.8) is 0 Å². The number of hydrazine groups is 1. The fraction of sp³-hybridized carbons (Fsp3) is 0.250. The van der Waals surface area contributed by atoms with Gasteiger partial charge in [0.05, 0.1) is 11.7 Å². The van der Waals surface area contributed by atoms with E-state index in [0.29, 0.717) is 5.69 Å². The topological polar surface area (TPSA) is 94.0 Å². The van der Waals surface area contributed by atoms with Crippen molar-refractivity contribution in [2.75, 3.05) is 0 Å². The summed E-state index contributed by atoms with van der Waals surface area (Å²) in [6.45, 7) is 0. The van der Waals surface area contributed by atoms with Gasteiger partial charge in [0.1, 0.15) is 0 Å². The van der Waals surface area contributed by atoms with Gasteiger partial charge in [-0.3, -0.25) is 15.2 Å². The molecule has 0 bridgehead atoms. The Bertz CT molecular complexity index is 275. The van der Waals surface area contributed by atoms with Crippen LogP contribution in [0.1, 0.15) is 18.2 Å². The SMILES string of the molecule is NNC(=O)CC(N)c1ccccn1. The van der Waals surface area contributed by atoms with Crippen molar-refractivity contribution < 1.29 is 4.79 Å². The zero-order valence-electron chi connectivity index (χ0n) is 7.10. The molecule has 5 N–H and O–H groups in total. The molecule has 0 aromatic carbocycles. The van der Waals surface area contributed by atoms with Gasteiger partial charge in [-0.1, -0.05) is 6.07 Å². The molecule has 0 aliphatic carbocycles. The molecule has 0 aliphatic heterocycles. The van der Waals surface area contributed by atoms with Crippen LogP contribution in [0.25, 0.3) is 0 Å². The minimum Gasteiger partial charge on any atom is -0.322 e. The standard InChI is InChI=1S/C8H12N4O/c9-6(5-8(13)12-10)7-3-1-2-4-11-7/h1-4,6H,5,9-10H2,(H,12,13). The van der Waals surface area contributed by atoms with Crippen LogP contribution in [0.5, 0.6) is 0 Å². The molecule has 1 heterocycles. The molecule has 1 aromatic rings. The second-order valence-electron chi connectivity index (χ2n) is 2.63. The molecule has 0 saturated carbocycles. The van der Waals surface area contributed by atoms with Crippen LogP contribution in [0.4, 0.5) is 0 Å². The molecule has 1 unspecified atom stereocenters. The van der Waals surface area contributed by atoms with Crippen LogP contribution in [-0.4, -0.2) is 10.9 Å². The zero-order chi connectivity index (χ0) is 9.68. The predicted molar refractivity (Wildman–Crippen MR) is 48.1 cm³/mol. The van der Waals surface area contributed by atoms with Crippen molar-refractivity contribution in [2.24, 2.45) is 11.6 Å². The lowest BCUT2D eigenvalue weighted by atomic mass is 10.1. The second kappa shape index (κ2) is 4.54. The Morgan fingerprint density at radius 1 is 1.62 bits per heavy atom. The molecule has 1 rings (SSSR count). The van der Waals surface area contributed by atoms with Crippen molar-refractivity contribution in [2.45, 2.75) is 12.5 Å². The number of hydrogen-bond donors (Lipinski definition) is 3. The molecule has 0 radical (unpaired) electrons. The summed E-state index contributed by atoms with van der Waals surface area (Å²) < 4.78 is 0. The van der Waals surface area contributed by atoms with Gasteiger partial charge in [0, 0.05) is 12.6 Å². The lowest BCUT2D eigenvalue weighted by molar-refractivity contribution is -0.121. The molecule has 1 amide bonds. The van der Waals surface area contributed by atoms with Gasteiger partial charge in [-0.2, -0.15) is 0 Å². The van der Waals surface area contributed by atoms with Gasteiger partial charge >= 0.3 is 0 Å². The number of nitrogens with zero attached hydrogens (tertiary/aromatic N) is 1. The van der Waals surface area contributed by atoms with Crippen LogP contribution in [0.2, 0.25) is 0 Å². The third-order valence-corrected chi connectivity index (χ3v) is 1.63. The number of pyridine rings is 1. The first-order valence-corrected chi connectivity index (χ1v) is 3.90. The molecule has 0 spiro atoms. The quantitative estimate of drug-likeness (QED) is 0.331. The van der Waals surface area contributed by atoms with E-state index in [1.165, 1.54) is 0 Å². The van der Waals surface area contributed by atoms with Crippen LogP contribution in [0.15, 0.2) is 24.4 Å². The maximum atomic E-state index is 10.9. The first kappa shape index (κ1) is 9.63. The first-order chi connectivity index (χ1) is 6.24. The molecule has 70 valence electrons. The summed E-state index contributed by atoms with van der Waals surface area (Å²) in [6.07, 6.45) is 1.78. The van der Waals surface area contributed by atoms with Gasteiger partial charge in [-0.05, 0) is 12.1 Å². The molecular formula is C8H12N4O. The summed E-state index contributed by atoms with van der Waals surface area (Å²) in [4.78, 5) is 14.9. The van der Waals surface area contributed by atoms with Gasteiger partial charge in [0.25, 0.3) is 0 Å². The molecule has 1 atom stereocenters. The molecule has 5 nitrogen and oxygen atoms in total. The second-order valence-corrected chi connectivity index (χ2v) is 2.63. The van der Waals surface area contributed by atoms with E-state index in [2.05, 4.69) is 4.98 Å². The van der Waals surface area contributed by atoms with Crippen LogP contribution >= 0.6 is 0 Å². The third kappa shape index (κ3) is 2.81. The first-order valence-electron chi connectivity index (χ1n) is 3.90. The van der Waals surface area contributed by atoms with E-state index in [1.54, 1.807) is 18.3 Å². The minimum atomic E-state index is -0.398. The predicted octanol–water partition coefficient (Wildman–Crippen LogP) is -0.539. The van der Waals surface area contributed by atoms with E-state index in [0.717, 1.165) is 0 Å². The van der Waals surface area contributed by atoms with Gasteiger partial charge in [0.15, 0.2) is 0 Å². The maximum absolute atomic E-state index is 10.9. The van der Waals surface area contributed by atoms with Crippen LogP contribution < -0.4 is 17.0 Å². The molecular weight excluding hydrogens is 168 g/mol. The molecule has 5 heteroatoms. The minimum absolute atomic E-state index is 0.146. The fourth-order valence-corrected chi connectivity index (χ4v) is 0.959. The van der Waals surface area contributed by atoms with Crippen LogP contribution in [-0.2, 0) is 4.79 Å². The van der Waals surface area contributed by atoms with E-state index in [1.807, 2.05) is 11.5 Å². The van der Waals surface area contributed by atoms with Gasteiger partial charge in [-0.25, -0.2) is 5.84 Å². The van der Waals surface area contributed by atoms with Gasteiger partial charge in [0.2, 0.25) is 5.91 Å². The normalized spacial score (nSPS) is 12.2. The number of aromatic nitrogens is 1. The highest BCUT2D eigenvalue weighted by Gasteiger charge is 2.10. The summed E-state index contributed by atoms with van der Waals surface area (Å²) in [6, 6.07) is 4.99. The highest BCUT2D eigenvalue weighted by atomic mass is 16.2. The van der Waals surface area contributed by atoms with Gasteiger partial charge < -0.3 is 5.73 Å². The Morgan fingerprint density at radius 2 is 2.38 bits per heavy atom. The molecule has 1 aromatic heterocycles. The summed E-state index contributed by atoms with van der Waals surface area (Å²) in [7, 11) is 0. The Balaban J connectivity index is 2.59. The third-order valence-electron chi connectivity index (χ3n) is 1.63. The van der Waals surface area contributed by atoms with E-state index < -0.39 is 6.04 Å². The number of nitrogens with two attached hydrogens (primary N) is 2. The number of hydrogen-bond acceptors (Lipinski definition) is 4. The summed E-state index contributed by atoms with van der Waals surface area (Å²) in [5, 5.41) is 0. The van der Waals surface area contributed by atoms with E-state index in [-0.39, 0.29) is 12.3 Å².